The van der Waals surface area contributed by atoms with E-state index in [-0.39, 0.29) is 10.7 Å². The molecular formula is C33H32N6O5S. The Hall–Kier alpha value is -4.99. The van der Waals surface area contributed by atoms with Gasteiger partial charge in [0.2, 0.25) is 0 Å². The molecule has 12 heteroatoms. The van der Waals surface area contributed by atoms with Gasteiger partial charge in [-0.25, -0.2) is 4.98 Å². The van der Waals surface area contributed by atoms with Crippen LogP contribution in [0.25, 0.3) is 0 Å². The van der Waals surface area contributed by atoms with E-state index < -0.39 is 21.5 Å². The van der Waals surface area contributed by atoms with Crippen LogP contribution in [-0.4, -0.2) is 69.1 Å². The summed E-state index contributed by atoms with van der Waals surface area (Å²) in [5.41, 5.74) is 1.65. The maximum absolute atomic E-state index is 15.2. The molecule has 11 nitrogen and oxygen atoms in total. The van der Waals surface area contributed by atoms with Gasteiger partial charge in [0.05, 0.1) is 37.2 Å². The smallest absolute Gasteiger partial charge is 0.288 e. The topological polar surface area (TPSA) is 129 Å². The minimum Gasteiger partial charge on any atom is -0.495 e. The predicted octanol–water partition coefficient (Wildman–Crippen LogP) is 3.87. The molecular weight excluding hydrogens is 592 g/mol. The second-order valence-electron chi connectivity index (χ2n) is 10.7. The number of aryl methyl sites for hydroxylation is 1. The third-order valence-corrected chi connectivity index (χ3v) is 9.87. The van der Waals surface area contributed by atoms with Crippen molar-refractivity contribution in [3.63, 3.8) is 0 Å². The molecule has 230 valence electrons. The number of amides is 1. The first-order chi connectivity index (χ1) is 21.7. The number of para-hydroxylation sites is 1. The van der Waals surface area contributed by atoms with Crippen LogP contribution in [0.2, 0.25) is 0 Å². The SMILES string of the molecule is CCOc1ccccc1C1(N2CCN(c3ccnc(C)c3)CC2)C(=O)N(S(=O)(=O)c2ccc(OC)cn2)c2ccc(C#N)cc21. The minimum atomic E-state index is -4.50. The number of aromatic nitrogens is 2. The van der Waals surface area contributed by atoms with Crippen LogP contribution < -0.4 is 18.7 Å². The van der Waals surface area contributed by atoms with Crippen LogP contribution >= 0.6 is 0 Å². The summed E-state index contributed by atoms with van der Waals surface area (Å²) in [5, 5.41) is 9.62. The van der Waals surface area contributed by atoms with E-state index >= 15 is 4.79 Å². The lowest BCUT2D eigenvalue weighted by atomic mass is 9.80. The first kappa shape index (κ1) is 30.1. The van der Waals surface area contributed by atoms with Gasteiger partial charge in [0.25, 0.3) is 15.9 Å². The zero-order valence-electron chi connectivity index (χ0n) is 25.2. The zero-order valence-corrected chi connectivity index (χ0v) is 26.0. The number of anilines is 2. The van der Waals surface area contributed by atoms with Crippen molar-refractivity contribution in [3.8, 4) is 17.6 Å². The number of hydrogen-bond acceptors (Lipinski definition) is 10. The molecule has 1 fully saturated rings. The average Bonchev–Trinajstić information content (AvgIpc) is 3.33. The first-order valence-electron chi connectivity index (χ1n) is 14.5. The highest BCUT2D eigenvalue weighted by Crippen LogP contribution is 2.53. The van der Waals surface area contributed by atoms with Crippen molar-refractivity contribution in [2.75, 3.05) is 49.1 Å². The molecule has 2 aromatic carbocycles. The summed E-state index contributed by atoms with van der Waals surface area (Å²) in [7, 11) is -3.04. The Kier molecular flexibility index (Phi) is 7.90. The molecule has 6 rings (SSSR count). The molecule has 1 unspecified atom stereocenters. The molecule has 45 heavy (non-hydrogen) atoms. The summed E-state index contributed by atoms with van der Waals surface area (Å²) in [5.74, 6) is 0.143. The van der Waals surface area contributed by atoms with Gasteiger partial charge in [-0.1, -0.05) is 18.2 Å². The molecule has 2 aliphatic heterocycles. The van der Waals surface area contributed by atoms with Crippen LogP contribution in [0.3, 0.4) is 0 Å². The maximum atomic E-state index is 15.2. The molecule has 1 amide bonds. The van der Waals surface area contributed by atoms with Crippen LogP contribution in [0.4, 0.5) is 11.4 Å². The molecule has 2 aromatic heterocycles. The molecule has 4 heterocycles. The number of nitrogens with zero attached hydrogens (tertiary/aromatic N) is 6. The molecule has 0 spiro atoms. The average molecular weight is 625 g/mol. The lowest BCUT2D eigenvalue weighted by Gasteiger charge is -2.46. The van der Waals surface area contributed by atoms with Crippen LogP contribution in [0.1, 0.15) is 29.3 Å². The number of nitriles is 1. The number of rotatable bonds is 8. The number of hydrogen-bond donors (Lipinski definition) is 0. The normalized spacial score (nSPS) is 18.4. The highest BCUT2D eigenvalue weighted by molar-refractivity contribution is 7.93. The molecule has 2 aliphatic rings. The molecule has 0 bridgehead atoms. The molecule has 1 saturated heterocycles. The number of pyridine rings is 2. The van der Waals surface area contributed by atoms with Gasteiger partial charge in [0.1, 0.15) is 11.5 Å². The van der Waals surface area contributed by atoms with Gasteiger partial charge < -0.3 is 14.4 Å². The summed E-state index contributed by atoms with van der Waals surface area (Å²) in [4.78, 5) is 27.8. The van der Waals surface area contributed by atoms with Crippen LogP contribution in [0.5, 0.6) is 11.5 Å². The molecule has 4 aromatic rings. The van der Waals surface area contributed by atoms with Crippen molar-refractivity contribution in [1.29, 1.82) is 5.26 Å². The number of piperazine rings is 1. The van der Waals surface area contributed by atoms with E-state index in [1.54, 1.807) is 30.5 Å². The number of methoxy groups -OCH3 is 1. The van der Waals surface area contributed by atoms with Gasteiger partial charge in [-0.15, -0.1) is 0 Å². The molecule has 0 radical (unpaired) electrons. The summed E-state index contributed by atoms with van der Waals surface area (Å²) < 4.78 is 40.7. The number of ether oxygens (including phenoxy) is 2. The lowest BCUT2D eigenvalue weighted by Crippen LogP contribution is -2.60. The number of carbonyl (C=O) groups excluding carboxylic acids is 1. The van der Waals surface area contributed by atoms with E-state index in [0.717, 1.165) is 15.7 Å². The highest BCUT2D eigenvalue weighted by atomic mass is 32.2. The van der Waals surface area contributed by atoms with Crippen molar-refractivity contribution in [2.45, 2.75) is 24.4 Å². The van der Waals surface area contributed by atoms with Gasteiger partial charge in [0.15, 0.2) is 10.6 Å². The zero-order chi connectivity index (χ0) is 31.8. The Morgan fingerprint density at radius 2 is 1.76 bits per heavy atom. The second kappa shape index (κ2) is 11.8. The molecule has 1 atom stereocenters. The quantitative estimate of drug-likeness (QED) is 0.285. The van der Waals surface area contributed by atoms with Crippen LogP contribution in [0, 0.1) is 18.3 Å². The van der Waals surface area contributed by atoms with E-state index in [1.165, 1.54) is 37.6 Å². The lowest BCUT2D eigenvalue weighted by molar-refractivity contribution is -0.127. The van der Waals surface area contributed by atoms with E-state index in [1.807, 2.05) is 36.9 Å². The number of fused-ring (bicyclic) bond motifs is 1. The van der Waals surface area contributed by atoms with Gasteiger partial charge in [0, 0.05) is 54.9 Å². The Labute approximate surface area is 262 Å². The molecule has 0 saturated carbocycles. The van der Waals surface area contributed by atoms with Crippen LogP contribution in [-0.2, 0) is 20.4 Å². The van der Waals surface area contributed by atoms with Crippen molar-refractivity contribution >= 4 is 27.3 Å². The van der Waals surface area contributed by atoms with Gasteiger partial charge in [-0.3, -0.25) is 14.7 Å². The predicted molar refractivity (Wildman–Crippen MR) is 168 cm³/mol. The highest BCUT2D eigenvalue weighted by Gasteiger charge is 2.60. The summed E-state index contributed by atoms with van der Waals surface area (Å²) >= 11 is 0. The number of carbonyl (C=O) groups is 1. The number of sulfonamides is 1. The van der Waals surface area contributed by atoms with Crippen molar-refractivity contribution < 1.29 is 22.7 Å². The fourth-order valence-electron chi connectivity index (χ4n) is 6.23. The minimum absolute atomic E-state index is 0.162. The summed E-state index contributed by atoms with van der Waals surface area (Å²) in [6, 6.07) is 20.8. The summed E-state index contributed by atoms with van der Waals surface area (Å²) in [6.07, 6.45) is 3.07. The Morgan fingerprint density at radius 3 is 2.42 bits per heavy atom. The fourth-order valence-corrected chi connectivity index (χ4v) is 7.61. The second-order valence-corrected chi connectivity index (χ2v) is 12.5. The largest absolute Gasteiger partial charge is 0.495 e. The van der Waals surface area contributed by atoms with Crippen molar-refractivity contribution in [2.24, 2.45) is 0 Å². The standard InChI is InChI=1S/C33H32N6O5S/c1-4-44-30-8-6-5-7-27(30)33(38-17-15-37(16-18-38)25-13-14-35-23(2)19-25)28-20-24(21-34)9-11-29(28)39(32(33)40)45(41,42)31-12-10-26(43-3)22-36-31/h5-14,19-20,22H,4,15-18H2,1-3H3. The van der Waals surface area contributed by atoms with E-state index in [0.29, 0.717) is 61.0 Å². The molecule has 0 N–H and O–H groups in total. The van der Waals surface area contributed by atoms with Gasteiger partial charge in [-0.2, -0.15) is 18.0 Å². The third-order valence-electron chi connectivity index (χ3n) is 8.25. The van der Waals surface area contributed by atoms with E-state index in [9.17, 15) is 13.7 Å². The number of benzene rings is 2. The monoisotopic (exact) mass is 624 g/mol. The first-order valence-corrected chi connectivity index (χ1v) is 16.0. The third kappa shape index (κ3) is 4.94. The van der Waals surface area contributed by atoms with E-state index in [4.69, 9.17) is 9.47 Å². The fraction of sp³-hybridized carbons (Fsp3) is 0.273. The van der Waals surface area contributed by atoms with E-state index in [2.05, 4.69) is 20.9 Å². The Bertz CT molecular complexity index is 1900. The Balaban J connectivity index is 1.55. The van der Waals surface area contributed by atoms with Crippen molar-refractivity contribution in [3.05, 3.63) is 102 Å². The van der Waals surface area contributed by atoms with Crippen molar-refractivity contribution in [1.82, 2.24) is 14.9 Å². The molecule has 0 aliphatic carbocycles. The Morgan fingerprint density at radius 1 is 0.978 bits per heavy atom. The van der Waals surface area contributed by atoms with Gasteiger partial charge >= 0.3 is 0 Å². The summed E-state index contributed by atoms with van der Waals surface area (Å²) in [6.45, 7) is 6.08. The van der Waals surface area contributed by atoms with Gasteiger partial charge in [-0.05, 0) is 62.4 Å². The van der Waals surface area contributed by atoms with Crippen LogP contribution in [0.15, 0.2) is 84.1 Å². The maximum Gasteiger partial charge on any atom is 0.288 e.